The molecule has 4 nitrogen and oxygen atoms in total. The monoisotopic (exact) mass is 275 g/mol. The summed E-state index contributed by atoms with van der Waals surface area (Å²) in [7, 11) is 1.54. The highest BCUT2D eigenvalue weighted by Gasteiger charge is 2.10. The number of rotatable bonds is 8. The summed E-state index contributed by atoms with van der Waals surface area (Å²) in [5.41, 5.74) is 0. The number of hydrogen-bond donors (Lipinski definition) is 2. The molecule has 0 fully saturated rings. The molecule has 0 saturated carbocycles. The zero-order chi connectivity index (χ0) is 12.5. The first-order chi connectivity index (χ1) is 8.26. The number of hydrogen-bond acceptors (Lipinski definition) is 5. The van der Waals surface area contributed by atoms with Crippen LogP contribution >= 0.6 is 23.1 Å². The van der Waals surface area contributed by atoms with Crippen molar-refractivity contribution in [2.24, 2.45) is 0 Å². The Bertz CT molecular complexity index is 317. The number of aliphatic hydroxyl groups excluding tert-OH is 1. The standard InChI is InChI=1S/C11H17NO3S2/c1-15-6-9(5-13)12-11(14)8-16-7-10-3-2-4-17-10/h2-4,9,13H,5-8H2,1H3,(H,12,14). The number of carbonyl (C=O) groups excluding carboxylic acids is 1. The lowest BCUT2D eigenvalue weighted by Crippen LogP contribution is -2.41. The SMILES string of the molecule is COCC(CO)NC(=O)CSCc1cccs1. The van der Waals surface area contributed by atoms with Gasteiger partial charge in [0.1, 0.15) is 0 Å². The lowest BCUT2D eigenvalue weighted by molar-refractivity contribution is -0.120. The van der Waals surface area contributed by atoms with Crippen LogP contribution < -0.4 is 5.32 Å². The third-order valence-corrected chi connectivity index (χ3v) is 4.05. The van der Waals surface area contributed by atoms with E-state index in [1.807, 2.05) is 11.4 Å². The molecular weight excluding hydrogens is 258 g/mol. The normalized spacial score (nSPS) is 12.4. The third-order valence-electron chi connectivity index (χ3n) is 2.01. The molecule has 96 valence electrons. The number of aliphatic hydroxyl groups is 1. The van der Waals surface area contributed by atoms with Crippen molar-refractivity contribution in [3.63, 3.8) is 0 Å². The van der Waals surface area contributed by atoms with Crippen LogP contribution in [0.15, 0.2) is 17.5 Å². The van der Waals surface area contributed by atoms with Crippen molar-refractivity contribution in [2.75, 3.05) is 26.1 Å². The minimum absolute atomic E-state index is 0.0670. The van der Waals surface area contributed by atoms with Gasteiger partial charge in [-0.2, -0.15) is 0 Å². The molecule has 1 amide bonds. The largest absolute Gasteiger partial charge is 0.394 e. The number of amides is 1. The molecule has 0 aliphatic heterocycles. The van der Waals surface area contributed by atoms with E-state index in [0.717, 1.165) is 5.75 Å². The van der Waals surface area contributed by atoms with E-state index < -0.39 is 0 Å². The molecule has 0 aliphatic carbocycles. The Morgan fingerprint density at radius 2 is 2.53 bits per heavy atom. The summed E-state index contributed by atoms with van der Waals surface area (Å²) >= 11 is 3.25. The van der Waals surface area contributed by atoms with E-state index >= 15 is 0 Å². The predicted octanol–water partition coefficient (Wildman–Crippen LogP) is 1.10. The zero-order valence-corrected chi connectivity index (χ0v) is 11.4. The topological polar surface area (TPSA) is 58.6 Å². The molecule has 2 N–H and O–H groups in total. The highest BCUT2D eigenvalue weighted by Crippen LogP contribution is 2.16. The van der Waals surface area contributed by atoms with E-state index in [1.165, 1.54) is 4.88 Å². The molecule has 1 atom stereocenters. The highest BCUT2D eigenvalue weighted by molar-refractivity contribution is 7.99. The van der Waals surface area contributed by atoms with E-state index in [2.05, 4.69) is 11.4 Å². The maximum absolute atomic E-state index is 11.5. The average molecular weight is 275 g/mol. The van der Waals surface area contributed by atoms with Crippen LogP contribution in [0.25, 0.3) is 0 Å². The number of thioether (sulfide) groups is 1. The van der Waals surface area contributed by atoms with Gasteiger partial charge in [-0.1, -0.05) is 6.07 Å². The zero-order valence-electron chi connectivity index (χ0n) is 9.72. The molecule has 1 unspecified atom stereocenters. The second-order valence-corrected chi connectivity index (χ2v) is 5.49. The summed E-state index contributed by atoms with van der Waals surface area (Å²) in [6, 6.07) is 3.74. The molecule has 0 saturated heterocycles. The highest BCUT2D eigenvalue weighted by atomic mass is 32.2. The van der Waals surface area contributed by atoms with E-state index in [4.69, 9.17) is 9.84 Å². The summed E-state index contributed by atoms with van der Waals surface area (Å²) in [5.74, 6) is 1.18. The Hall–Kier alpha value is -0.560. The Balaban J connectivity index is 2.16. The van der Waals surface area contributed by atoms with Crippen LogP contribution in [0.2, 0.25) is 0 Å². The van der Waals surface area contributed by atoms with Crippen LogP contribution in [0.1, 0.15) is 4.88 Å². The second-order valence-electron chi connectivity index (χ2n) is 3.47. The van der Waals surface area contributed by atoms with Gasteiger partial charge in [0.2, 0.25) is 5.91 Å². The smallest absolute Gasteiger partial charge is 0.230 e. The van der Waals surface area contributed by atoms with Gasteiger partial charge in [0.25, 0.3) is 0 Å². The van der Waals surface area contributed by atoms with Crippen molar-refractivity contribution in [3.8, 4) is 0 Å². The molecule has 0 spiro atoms. The van der Waals surface area contributed by atoms with E-state index in [-0.39, 0.29) is 18.6 Å². The van der Waals surface area contributed by atoms with Gasteiger partial charge in [0, 0.05) is 17.7 Å². The van der Waals surface area contributed by atoms with Gasteiger partial charge < -0.3 is 15.2 Å². The minimum atomic E-state index is -0.310. The van der Waals surface area contributed by atoms with Crippen LogP contribution in [-0.4, -0.2) is 43.1 Å². The van der Waals surface area contributed by atoms with E-state index in [9.17, 15) is 4.79 Å². The second kappa shape index (κ2) is 8.52. The van der Waals surface area contributed by atoms with Crippen molar-refractivity contribution < 1.29 is 14.6 Å². The fourth-order valence-corrected chi connectivity index (χ4v) is 2.93. The Morgan fingerprint density at radius 1 is 1.71 bits per heavy atom. The van der Waals surface area contributed by atoms with E-state index in [0.29, 0.717) is 12.4 Å². The van der Waals surface area contributed by atoms with Gasteiger partial charge in [-0.05, 0) is 11.4 Å². The fraction of sp³-hybridized carbons (Fsp3) is 0.545. The summed E-state index contributed by atoms with van der Waals surface area (Å²) in [6.45, 7) is 0.229. The molecule has 1 heterocycles. The summed E-state index contributed by atoms with van der Waals surface area (Å²) in [5, 5.41) is 13.7. The summed E-state index contributed by atoms with van der Waals surface area (Å²) in [6.07, 6.45) is 0. The summed E-state index contributed by atoms with van der Waals surface area (Å²) < 4.78 is 4.88. The first-order valence-corrected chi connectivity index (χ1v) is 7.29. The molecule has 0 aliphatic rings. The molecule has 0 bridgehead atoms. The Kier molecular flexibility index (Phi) is 7.27. The van der Waals surface area contributed by atoms with Crippen LogP contribution in [0.3, 0.4) is 0 Å². The minimum Gasteiger partial charge on any atom is -0.394 e. The van der Waals surface area contributed by atoms with Crippen molar-refractivity contribution in [1.29, 1.82) is 0 Å². The molecule has 1 aromatic rings. The number of carbonyl (C=O) groups is 1. The average Bonchev–Trinajstić information content (AvgIpc) is 2.81. The van der Waals surface area contributed by atoms with Gasteiger partial charge in [0.15, 0.2) is 0 Å². The van der Waals surface area contributed by atoms with Crippen molar-refractivity contribution in [2.45, 2.75) is 11.8 Å². The van der Waals surface area contributed by atoms with Crippen molar-refractivity contribution >= 4 is 29.0 Å². The Labute approximate surface area is 109 Å². The van der Waals surface area contributed by atoms with Crippen LogP contribution in [-0.2, 0) is 15.3 Å². The number of ether oxygens (including phenoxy) is 1. The van der Waals surface area contributed by atoms with Gasteiger partial charge in [-0.15, -0.1) is 23.1 Å². The molecular formula is C11H17NO3S2. The first-order valence-electron chi connectivity index (χ1n) is 5.25. The van der Waals surface area contributed by atoms with Gasteiger partial charge >= 0.3 is 0 Å². The lowest BCUT2D eigenvalue weighted by atomic mass is 10.3. The molecule has 0 aromatic carbocycles. The molecule has 6 heteroatoms. The van der Waals surface area contributed by atoms with Gasteiger partial charge in [-0.3, -0.25) is 4.79 Å². The van der Waals surface area contributed by atoms with Gasteiger partial charge in [-0.25, -0.2) is 0 Å². The number of thiophene rings is 1. The van der Waals surface area contributed by atoms with Crippen molar-refractivity contribution in [1.82, 2.24) is 5.32 Å². The maximum Gasteiger partial charge on any atom is 0.230 e. The molecule has 17 heavy (non-hydrogen) atoms. The van der Waals surface area contributed by atoms with Crippen LogP contribution in [0, 0.1) is 0 Å². The predicted molar refractivity (Wildman–Crippen MR) is 71.4 cm³/mol. The lowest BCUT2D eigenvalue weighted by Gasteiger charge is -2.14. The number of methoxy groups -OCH3 is 1. The third kappa shape index (κ3) is 6.07. The van der Waals surface area contributed by atoms with Crippen molar-refractivity contribution in [3.05, 3.63) is 22.4 Å². The van der Waals surface area contributed by atoms with Crippen LogP contribution in [0.4, 0.5) is 0 Å². The van der Waals surface area contributed by atoms with E-state index in [1.54, 1.807) is 30.2 Å². The molecule has 1 aromatic heterocycles. The molecule has 1 rings (SSSR count). The summed E-state index contributed by atoms with van der Waals surface area (Å²) in [4.78, 5) is 12.8. The van der Waals surface area contributed by atoms with Crippen LogP contribution in [0.5, 0.6) is 0 Å². The quantitative estimate of drug-likeness (QED) is 0.746. The maximum atomic E-state index is 11.5. The number of nitrogens with one attached hydrogen (secondary N) is 1. The fourth-order valence-electron chi connectivity index (χ4n) is 1.25. The van der Waals surface area contributed by atoms with Gasteiger partial charge in [0.05, 0.1) is 25.0 Å². The molecule has 0 radical (unpaired) electrons. The first kappa shape index (κ1) is 14.5. The Morgan fingerprint density at radius 3 is 3.12 bits per heavy atom.